The van der Waals surface area contributed by atoms with Crippen molar-refractivity contribution < 1.29 is 9.53 Å². The summed E-state index contributed by atoms with van der Waals surface area (Å²) in [6.07, 6.45) is 5.11. The molecular formula is C14H19N3O2. The van der Waals surface area contributed by atoms with Crippen LogP contribution in [0, 0.1) is 6.92 Å². The minimum absolute atomic E-state index is 0.353. The molecule has 0 atom stereocenters. The number of carbonyl (C=O) groups excluding carboxylic acids is 1. The highest BCUT2D eigenvalue weighted by molar-refractivity contribution is 5.92. The monoisotopic (exact) mass is 261 g/mol. The average molecular weight is 261 g/mol. The van der Waals surface area contributed by atoms with Gasteiger partial charge in [0.2, 0.25) is 0 Å². The van der Waals surface area contributed by atoms with Gasteiger partial charge in [0.05, 0.1) is 7.11 Å². The third kappa shape index (κ3) is 2.93. The largest absolute Gasteiger partial charge is 0.464 e. The van der Waals surface area contributed by atoms with E-state index in [-0.39, 0.29) is 0 Å². The first-order chi connectivity index (χ1) is 9.15. The predicted octanol–water partition coefficient (Wildman–Crippen LogP) is 2.39. The molecule has 0 saturated heterocycles. The lowest BCUT2D eigenvalue weighted by molar-refractivity contribution is 0.0590. The Morgan fingerprint density at radius 3 is 2.63 bits per heavy atom. The maximum atomic E-state index is 11.6. The second kappa shape index (κ2) is 6.58. The summed E-state index contributed by atoms with van der Waals surface area (Å²) in [6, 6.07) is 3.75. The van der Waals surface area contributed by atoms with Crippen molar-refractivity contribution in [2.45, 2.75) is 20.8 Å². The van der Waals surface area contributed by atoms with Gasteiger partial charge in [-0.3, -0.25) is 9.66 Å². The molecule has 2 N–H and O–H groups in total. The predicted molar refractivity (Wildman–Crippen MR) is 75.2 cm³/mol. The van der Waals surface area contributed by atoms with E-state index in [2.05, 4.69) is 4.98 Å². The average Bonchev–Trinajstić information content (AvgIpc) is 2.76. The van der Waals surface area contributed by atoms with Crippen LogP contribution in [0.25, 0.3) is 11.1 Å². The zero-order chi connectivity index (χ0) is 14.4. The fourth-order valence-corrected chi connectivity index (χ4v) is 1.79. The Morgan fingerprint density at radius 2 is 2.11 bits per heavy atom. The number of hydrogen-bond donors (Lipinski definition) is 1. The van der Waals surface area contributed by atoms with Crippen LogP contribution in [0.2, 0.25) is 0 Å². The Labute approximate surface area is 113 Å². The minimum atomic E-state index is -0.444. The highest BCUT2D eigenvalue weighted by Crippen LogP contribution is 2.26. The first kappa shape index (κ1) is 14.8. The van der Waals surface area contributed by atoms with Gasteiger partial charge in [0.1, 0.15) is 0 Å². The van der Waals surface area contributed by atoms with Crippen LogP contribution < -0.4 is 5.84 Å². The lowest BCUT2D eigenvalue weighted by Crippen LogP contribution is -2.17. The molecule has 0 bridgehead atoms. The van der Waals surface area contributed by atoms with Crippen LogP contribution in [-0.2, 0) is 4.74 Å². The quantitative estimate of drug-likeness (QED) is 0.665. The molecule has 0 aromatic carbocycles. The number of nitrogen functional groups attached to an aromatic ring is 1. The highest BCUT2D eigenvalue weighted by atomic mass is 16.5. The van der Waals surface area contributed by atoms with Crippen molar-refractivity contribution in [3.63, 3.8) is 0 Å². The van der Waals surface area contributed by atoms with Crippen molar-refractivity contribution in [3.8, 4) is 11.1 Å². The van der Waals surface area contributed by atoms with Crippen LogP contribution in [-0.4, -0.2) is 22.7 Å². The van der Waals surface area contributed by atoms with Gasteiger partial charge in [-0.15, -0.1) is 0 Å². The summed E-state index contributed by atoms with van der Waals surface area (Å²) in [5.41, 5.74) is 2.93. The summed E-state index contributed by atoms with van der Waals surface area (Å²) in [5, 5.41) is 0. The number of aromatic nitrogens is 2. The number of nitrogens with two attached hydrogens (primary N) is 1. The van der Waals surface area contributed by atoms with Gasteiger partial charge in [-0.05, 0) is 18.6 Å². The van der Waals surface area contributed by atoms with Crippen molar-refractivity contribution >= 4 is 5.97 Å². The van der Waals surface area contributed by atoms with Crippen molar-refractivity contribution in [2.75, 3.05) is 13.0 Å². The molecule has 0 amide bonds. The first-order valence-corrected chi connectivity index (χ1v) is 6.11. The molecule has 0 fully saturated rings. The number of nitrogens with zero attached hydrogens (tertiary/aromatic N) is 2. The smallest absolute Gasteiger partial charge is 0.356 e. The van der Waals surface area contributed by atoms with E-state index in [1.54, 1.807) is 18.6 Å². The Bertz CT molecular complexity index is 547. The van der Waals surface area contributed by atoms with E-state index in [4.69, 9.17) is 10.6 Å². The molecule has 2 aromatic heterocycles. The van der Waals surface area contributed by atoms with Gasteiger partial charge in [-0.1, -0.05) is 19.9 Å². The summed E-state index contributed by atoms with van der Waals surface area (Å²) in [5.74, 6) is 5.31. The summed E-state index contributed by atoms with van der Waals surface area (Å²) in [6.45, 7) is 5.83. The third-order valence-corrected chi connectivity index (χ3v) is 2.64. The Hall–Kier alpha value is -2.30. The second-order valence-corrected chi connectivity index (χ2v) is 3.66. The Kier molecular flexibility index (Phi) is 5.11. The molecule has 2 rings (SSSR count). The van der Waals surface area contributed by atoms with Crippen LogP contribution in [0.15, 0.2) is 30.7 Å². The molecule has 0 aliphatic heterocycles. The van der Waals surface area contributed by atoms with E-state index in [0.717, 1.165) is 16.7 Å². The topological polar surface area (TPSA) is 70.1 Å². The van der Waals surface area contributed by atoms with Crippen molar-refractivity contribution in [1.29, 1.82) is 0 Å². The Morgan fingerprint density at radius 1 is 1.42 bits per heavy atom. The molecule has 2 heterocycles. The first-order valence-electron chi connectivity index (χ1n) is 6.11. The van der Waals surface area contributed by atoms with Crippen LogP contribution in [0.3, 0.4) is 0 Å². The summed E-state index contributed by atoms with van der Waals surface area (Å²) >= 11 is 0. The van der Waals surface area contributed by atoms with Crippen LogP contribution in [0.1, 0.15) is 29.9 Å². The SMILES string of the molecule is CC.COC(=O)c1c(C)c(-c2cccnc2)cn1N. The molecule has 0 aliphatic carbocycles. The molecule has 102 valence electrons. The number of rotatable bonds is 2. The Balaban J connectivity index is 0.000000861. The van der Waals surface area contributed by atoms with Gasteiger partial charge in [-0.25, -0.2) is 4.79 Å². The molecular weight excluding hydrogens is 242 g/mol. The number of ether oxygens (including phenoxy) is 1. The van der Waals surface area contributed by atoms with Crippen LogP contribution in [0.4, 0.5) is 0 Å². The summed E-state index contributed by atoms with van der Waals surface area (Å²) in [4.78, 5) is 15.6. The second-order valence-electron chi connectivity index (χ2n) is 3.66. The third-order valence-electron chi connectivity index (χ3n) is 2.64. The molecule has 5 nitrogen and oxygen atoms in total. The van der Waals surface area contributed by atoms with Gasteiger partial charge >= 0.3 is 5.97 Å². The number of methoxy groups -OCH3 is 1. The van der Waals surface area contributed by atoms with Crippen molar-refractivity contribution in [1.82, 2.24) is 9.66 Å². The number of carbonyl (C=O) groups is 1. The van der Waals surface area contributed by atoms with Crippen LogP contribution in [0.5, 0.6) is 0 Å². The van der Waals surface area contributed by atoms with E-state index >= 15 is 0 Å². The van der Waals surface area contributed by atoms with Gasteiger partial charge in [-0.2, -0.15) is 0 Å². The molecule has 0 spiro atoms. The lowest BCUT2D eigenvalue weighted by atomic mass is 10.1. The number of hydrogen-bond acceptors (Lipinski definition) is 4. The van der Waals surface area contributed by atoms with E-state index < -0.39 is 5.97 Å². The molecule has 0 aliphatic rings. The highest BCUT2D eigenvalue weighted by Gasteiger charge is 2.19. The molecule has 0 saturated carbocycles. The molecule has 5 heteroatoms. The minimum Gasteiger partial charge on any atom is -0.464 e. The normalized spacial score (nSPS) is 9.47. The maximum absolute atomic E-state index is 11.6. The van der Waals surface area contributed by atoms with E-state index in [1.165, 1.54) is 11.8 Å². The zero-order valence-electron chi connectivity index (χ0n) is 11.7. The van der Waals surface area contributed by atoms with Crippen molar-refractivity contribution in [3.05, 3.63) is 42.0 Å². The fourth-order valence-electron chi connectivity index (χ4n) is 1.79. The van der Waals surface area contributed by atoms with E-state index in [0.29, 0.717) is 5.69 Å². The molecule has 0 unspecified atom stereocenters. The fraction of sp³-hybridized carbons (Fsp3) is 0.286. The summed E-state index contributed by atoms with van der Waals surface area (Å²) in [7, 11) is 1.33. The van der Waals surface area contributed by atoms with Gasteiger partial charge in [0.25, 0.3) is 0 Å². The van der Waals surface area contributed by atoms with Gasteiger partial charge in [0.15, 0.2) is 5.69 Å². The summed E-state index contributed by atoms with van der Waals surface area (Å²) < 4.78 is 5.97. The number of pyridine rings is 1. The van der Waals surface area contributed by atoms with E-state index in [1.807, 2.05) is 32.9 Å². The van der Waals surface area contributed by atoms with Crippen LogP contribution >= 0.6 is 0 Å². The maximum Gasteiger partial charge on any atom is 0.356 e. The van der Waals surface area contributed by atoms with Crippen molar-refractivity contribution in [2.24, 2.45) is 0 Å². The van der Waals surface area contributed by atoms with Gasteiger partial charge in [0, 0.05) is 29.7 Å². The lowest BCUT2D eigenvalue weighted by Gasteiger charge is -2.02. The zero-order valence-corrected chi connectivity index (χ0v) is 11.7. The number of esters is 1. The van der Waals surface area contributed by atoms with E-state index in [9.17, 15) is 4.79 Å². The van der Waals surface area contributed by atoms with Gasteiger partial charge < -0.3 is 10.6 Å². The standard InChI is InChI=1S/C12H13N3O2.C2H6/c1-8-10(9-4-3-5-14-6-9)7-15(13)11(8)12(16)17-2;1-2/h3-7H,13H2,1-2H3;1-2H3. The molecule has 2 aromatic rings. The molecule has 0 radical (unpaired) electrons. The molecule has 19 heavy (non-hydrogen) atoms.